The van der Waals surface area contributed by atoms with Crippen molar-refractivity contribution >= 4 is 28.4 Å². The van der Waals surface area contributed by atoms with Gasteiger partial charge in [0.25, 0.3) is 5.91 Å². The fourth-order valence-corrected chi connectivity index (χ4v) is 3.63. The van der Waals surface area contributed by atoms with Crippen LogP contribution in [0.1, 0.15) is 22.5 Å². The van der Waals surface area contributed by atoms with E-state index in [1.165, 1.54) is 0 Å². The highest BCUT2D eigenvalue weighted by atomic mass is 35.5. The van der Waals surface area contributed by atoms with E-state index in [1.54, 1.807) is 11.0 Å². The van der Waals surface area contributed by atoms with Crippen LogP contribution < -0.4 is 0 Å². The van der Waals surface area contributed by atoms with Gasteiger partial charge in [0.1, 0.15) is 5.69 Å². The number of β-amino-alcohol motifs (C(OH)–C–C–N with tert-alkyl or cyclic N) is 1. The van der Waals surface area contributed by atoms with Gasteiger partial charge < -0.3 is 10.0 Å². The Morgan fingerprint density at radius 2 is 1.88 bits per heavy atom. The first-order valence-corrected chi connectivity index (χ1v) is 9.02. The zero-order valence-corrected chi connectivity index (χ0v) is 15.0. The van der Waals surface area contributed by atoms with Crippen LogP contribution in [0.4, 0.5) is 0 Å². The number of benzene rings is 2. The smallest absolute Gasteiger partial charge is 0.272 e. The molecule has 1 unspecified atom stereocenters. The molecule has 3 aromatic rings. The fraction of sp³-hybridized carbons (Fsp3) is 0.238. The predicted octanol–water partition coefficient (Wildman–Crippen LogP) is 3.71. The van der Waals surface area contributed by atoms with E-state index in [2.05, 4.69) is 4.98 Å². The predicted molar refractivity (Wildman–Crippen MR) is 102 cm³/mol. The number of hydrogen-bond donors (Lipinski definition) is 1. The molecule has 0 radical (unpaired) electrons. The van der Waals surface area contributed by atoms with Crippen molar-refractivity contribution < 1.29 is 9.90 Å². The van der Waals surface area contributed by atoms with Gasteiger partial charge in [-0.3, -0.25) is 4.79 Å². The minimum atomic E-state index is -0.916. The van der Waals surface area contributed by atoms with E-state index in [9.17, 15) is 9.90 Å². The first-order valence-electron chi connectivity index (χ1n) is 8.64. The Balaban J connectivity index is 1.49. The average molecular weight is 367 g/mol. The number of aromatic nitrogens is 1. The number of rotatable bonds is 3. The molecule has 1 aliphatic heterocycles. The van der Waals surface area contributed by atoms with Gasteiger partial charge in [-0.25, -0.2) is 4.98 Å². The van der Waals surface area contributed by atoms with Crippen LogP contribution in [0.2, 0.25) is 5.02 Å². The number of para-hydroxylation sites is 1. The number of likely N-dealkylation sites (tertiary alicyclic amines) is 1. The topological polar surface area (TPSA) is 53.4 Å². The second-order valence-electron chi connectivity index (χ2n) is 6.89. The quantitative estimate of drug-likeness (QED) is 0.768. The lowest BCUT2D eigenvalue weighted by molar-refractivity contribution is 0.0443. The molecule has 132 valence electrons. The summed E-state index contributed by atoms with van der Waals surface area (Å²) in [5.41, 5.74) is 1.31. The molecule has 1 fully saturated rings. The van der Waals surface area contributed by atoms with E-state index in [0.29, 0.717) is 36.6 Å². The SMILES string of the molecule is O=C(c1ccc2ccccc2n1)N1CCC(O)(Cc2ccc(Cl)cc2)C1. The third-order valence-corrected chi connectivity index (χ3v) is 5.14. The maximum Gasteiger partial charge on any atom is 0.272 e. The molecule has 0 bridgehead atoms. The monoisotopic (exact) mass is 366 g/mol. The van der Waals surface area contributed by atoms with Crippen LogP contribution in [0.5, 0.6) is 0 Å². The molecule has 1 N–H and O–H groups in total. The van der Waals surface area contributed by atoms with Gasteiger partial charge in [0.05, 0.1) is 17.7 Å². The molecule has 1 aliphatic rings. The highest BCUT2D eigenvalue weighted by Gasteiger charge is 2.38. The number of nitrogens with zero attached hydrogens (tertiary/aromatic N) is 2. The van der Waals surface area contributed by atoms with Crippen molar-refractivity contribution in [3.05, 3.63) is 76.9 Å². The molecule has 1 saturated heterocycles. The highest BCUT2D eigenvalue weighted by molar-refractivity contribution is 6.30. The Labute approximate surface area is 157 Å². The summed E-state index contributed by atoms with van der Waals surface area (Å²) in [6.45, 7) is 0.834. The molecule has 0 saturated carbocycles. The summed E-state index contributed by atoms with van der Waals surface area (Å²) in [6.07, 6.45) is 1.05. The summed E-state index contributed by atoms with van der Waals surface area (Å²) < 4.78 is 0. The van der Waals surface area contributed by atoms with Gasteiger partial charge in [0.2, 0.25) is 0 Å². The van der Waals surface area contributed by atoms with Crippen LogP contribution in [0.15, 0.2) is 60.7 Å². The first-order chi connectivity index (χ1) is 12.5. The summed E-state index contributed by atoms with van der Waals surface area (Å²) in [5, 5.41) is 12.6. The molecule has 0 spiro atoms. The minimum Gasteiger partial charge on any atom is -0.388 e. The summed E-state index contributed by atoms with van der Waals surface area (Å²) in [7, 11) is 0. The number of pyridine rings is 1. The lowest BCUT2D eigenvalue weighted by atomic mass is 9.94. The van der Waals surface area contributed by atoms with Crippen molar-refractivity contribution in [1.82, 2.24) is 9.88 Å². The van der Waals surface area contributed by atoms with Gasteiger partial charge in [-0.15, -0.1) is 0 Å². The number of amides is 1. The summed E-state index contributed by atoms with van der Waals surface area (Å²) in [4.78, 5) is 19.0. The van der Waals surface area contributed by atoms with E-state index in [-0.39, 0.29) is 5.91 Å². The Morgan fingerprint density at radius 3 is 2.69 bits per heavy atom. The van der Waals surface area contributed by atoms with E-state index >= 15 is 0 Å². The Morgan fingerprint density at radius 1 is 1.12 bits per heavy atom. The molecule has 2 aromatic carbocycles. The lowest BCUT2D eigenvalue weighted by Crippen LogP contribution is -2.38. The van der Waals surface area contributed by atoms with Crippen LogP contribution in [-0.2, 0) is 6.42 Å². The van der Waals surface area contributed by atoms with Crippen molar-refractivity contribution in [1.29, 1.82) is 0 Å². The molecule has 5 heteroatoms. The van der Waals surface area contributed by atoms with E-state index in [0.717, 1.165) is 16.5 Å². The molecule has 0 aliphatic carbocycles. The molecular formula is C21H19ClN2O2. The van der Waals surface area contributed by atoms with Crippen LogP contribution in [0.3, 0.4) is 0 Å². The second-order valence-corrected chi connectivity index (χ2v) is 7.33. The van der Waals surface area contributed by atoms with Crippen molar-refractivity contribution in [3.8, 4) is 0 Å². The molecular weight excluding hydrogens is 348 g/mol. The zero-order valence-electron chi connectivity index (χ0n) is 14.2. The first kappa shape index (κ1) is 17.0. The average Bonchev–Trinajstić information content (AvgIpc) is 3.04. The molecule has 4 rings (SSSR count). The number of fused-ring (bicyclic) bond motifs is 1. The number of hydrogen-bond acceptors (Lipinski definition) is 3. The van der Waals surface area contributed by atoms with Gasteiger partial charge in [-0.1, -0.05) is 48.0 Å². The summed E-state index contributed by atoms with van der Waals surface area (Å²) in [6, 6.07) is 18.8. The van der Waals surface area contributed by atoms with E-state index in [1.807, 2.05) is 54.6 Å². The van der Waals surface area contributed by atoms with Crippen molar-refractivity contribution in [2.45, 2.75) is 18.4 Å². The molecule has 1 aromatic heterocycles. The highest BCUT2D eigenvalue weighted by Crippen LogP contribution is 2.27. The van der Waals surface area contributed by atoms with Gasteiger partial charge in [-0.05, 0) is 36.2 Å². The van der Waals surface area contributed by atoms with Gasteiger partial charge in [-0.2, -0.15) is 0 Å². The number of aliphatic hydroxyl groups is 1. The molecule has 2 heterocycles. The van der Waals surface area contributed by atoms with Crippen LogP contribution >= 0.6 is 11.6 Å². The van der Waals surface area contributed by atoms with Crippen LogP contribution in [0.25, 0.3) is 10.9 Å². The maximum absolute atomic E-state index is 12.8. The summed E-state index contributed by atoms with van der Waals surface area (Å²) in [5.74, 6) is -0.136. The molecule has 4 nitrogen and oxygen atoms in total. The second kappa shape index (κ2) is 6.71. The summed E-state index contributed by atoms with van der Waals surface area (Å²) >= 11 is 5.91. The lowest BCUT2D eigenvalue weighted by Gasteiger charge is -2.23. The van der Waals surface area contributed by atoms with Crippen LogP contribution in [0, 0.1) is 0 Å². The Kier molecular flexibility index (Phi) is 4.39. The van der Waals surface area contributed by atoms with E-state index in [4.69, 9.17) is 11.6 Å². The zero-order chi connectivity index (χ0) is 18.1. The van der Waals surface area contributed by atoms with Gasteiger partial charge in [0, 0.05) is 23.4 Å². The molecule has 26 heavy (non-hydrogen) atoms. The van der Waals surface area contributed by atoms with Crippen molar-refractivity contribution in [2.24, 2.45) is 0 Å². The van der Waals surface area contributed by atoms with Crippen LogP contribution in [-0.4, -0.2) is 39.6 Å². The number of carbonyl (C=O) groups is 1. The Hall–Kier alpha value is -2.43. The van der Waals surface area contributed by atoms with Gasteiger partial charge >= 0.3 is 0 Å². The normalized spacial score (nSPS) is 19.8. The fourth-order valence-electron chi connectivity index (χ4n) is 3.50. The number of carbonyl (C=O) groups excluding carboxylic acids is 1. The standard InChI is InChI=1S/C21H19ClN2O2/c22-17-8-5-15(6-9-17)13-21(26)11-12-24(14-21)20(25)19-10-7-16-3-1-2-4-18(16)23-19/h1-10,26H,11-14H2. The number of halogens is 1. The Bertz CT molecular complexity index is 958. The third-order valence-electron chi connectivity index (χ3n) is 4.88. The molecule has 1 atom stereocenters. The minimum absolute atomic E-state index is 0.136. The van der Waals surface area contributed by atoms with E-state index < -0.39 is 5.60 Å². The third kappa shape index (κ3) is 3.43. The van der Waals surface area contributed by atoms with Crippen molar-refractivity contribution in [3.63, 3.8) is 0 Å². The van der Waals surface area contributed by atoms with Gasteiger partial charge in [0.15, 0.2) is 0 Å². The maximum atomic E-state index is 12.8. The van der Waals surface area contributed by atoms with Crippen molar-refractivity contribution in [2.75, 3.05) is 13.1 Å². The largest absolute Gasteiger partial charge is 0.388 e. The molecule has 1 amide bonds.